The molecular weight excluding hydrogens is 259 g/mol. The van der Waals surface area contributed by atoms with Crippen molar-refractivity contribution in [1.82, 2.24) is 5.32 Å². The van der Waals surface area contributed by atoms with Gasteiger partial charge in [-0.2, -0.15) is 13.2 Å². The van der Waals surface area contributed by atoms with Crippen LogP contribution in [0.3, 0.4) is 0 Å². The van der Waals surface area contributed by atoms with Crippen LogP contribution in [0.4, 0.5) is 13.2 Å². The Kier molecular flexibility index (Phi) is 5.34. The predicted molar refractivity (Wildman–Crippen MR) is 65.5 cm³/mol. The van der Waals surface area contributed by atoms with Crippen molar-refractivity contribution in [3.8, 4) is 0 Å². The van der Waals surface area contributed by atoms with Crippen molar-refractivity contribution >= 4 is 0 Å². The molecule has 0 fully saturated rings. The predicted octanol–water partition coefficient (Wildman–Crippen LogP) is 1.93. The minimum absolute atomic E-state index is 0.0648. The van der Waals surface area contributed by atoms with Crippen molar-refractivity contribution in [2.45, 2.75) is 31.6 Å². The zero-order valence-corrected chi connectivity index (χ0v) is 10.7. The second-order valence-corrected chi connectivity index (χ2v) is 4.46. The number of aliphatic hydroxyl groups is 2. The Morgan fingerprint density at radius 3 is 2.16 bits per heavy atom. The van der Waals surface area contributed by atoms with E-state index in [2.05, 4.69) is 5.32 Å². The number of aliphatic hydroxyl groups excluding tert-OH is 2. The third-order valence-corrected chi connectivity index (χ3v) is 3.26. The fourth-order valence-electron chi connectivity index (χ4n) is 1.74. The maximum absolute atomic E-state index is 12.8. The van der Waals surface area contributed by atoms with Crippen molar-refractivity contribution in [2.24, 2.45) is 0 Å². The van der Waals surface area contributed by atoms with Crippen LogP contribution in [0.25, 0.3) is 0 Å². The minimum Gasteiger partial charge on any atom is -0.394 e. The van der Waals surface area contributed by atoms with Gasteiger partial charge in [0.05, 0.1) is 24.3 Å². The molecule has 0 amide bonds. The molecule has 108 valence electrons. The van der Waals surface area contributed by atoms with E-state index in [1.807, 2.05) is 0 Å². The lowest BCUT2D eigenvalue weighted by molar-refractivity contribution is -0.138. The molecule has 19 heavy (non-hydrogen) atoms. The quantitative estimate of drug-likeness (QED) is 0.744. The summed E-state index contributed by atoms with van der Waals surface area (Å²) in [5.41, 5.74) is -1.57. The average Bonchev–Trinajstić information content (AvgIpc) is 2.40. The lowest BCUT2D eigenvalue weighted by Crippen LogP contribution is -2.50. The minimum atomic E-state index is -4.41. The molecule has 0 radical (unpaired) electrons. The summed E-state index contributed by atoms with van der Waals surface area (Å²) in [5.74, 6) is 0. The lowest BCUT2D eigenvalue weighted by Gasteiger charge is -2.30. The first-order chi connectivity index (χ1) is 8.88. The average molecular weight is 277 g/mol. The maximum atomic E-state index is 12.8. The molecule has 3 nitrogen and oxygen atoms in total. The highest BCUT2D eigenvalue weighted by Gasteiger charge is 2.33. The van der Waals surface area contributed by atoms with E-state index in [0.29, 0.717) is 6.42 Å². The van der Waals surface area contributed by atoms with E-state index in [4.69, 9.17) is 0 Å². The molecule has 0 aromatic heterocycles. The van der Waals surface area contributed by atoms with Gasteiger partial charge in [-0.1, -0.05) is 25.1 Å². The van der Waals surface area contributed by atoms with Gasteiger partial charge in [-0.05, 0) is 18.1 Å². The first-order valence-corrected chi connectivity index (χ1v) is 6.00. The van der Waals surface area contributed by atoms with Crippen molar-refractivity contribution in [3.63, 3.8) is 0 Å². The van der Waals surface area contributed by atoms with E-state index in [1.165, 1.54) is 18.2 Å². The van der Waals surface area contributed by atoms with E-state index in [0.717, 1.165) is 6.07 Å². The van der Waals surface area contributed by atoms with Crippen molar-refractivity contribution in [3.05, 3.63) is 35.4 Å². The number of alkyl halides is 3. The Hall–Kier alpha value is -1.11. The van der Waals surface area contributed by atoms with Crippen LogP contribution in [-0.4, -0.2) is 29.0 Å². The topological polar surface area (TPSA) is 52.5 Å². The Bertz CT molecular complexity index is 395. The molecule has 6 heteroatoms. The Labute approximate surface area is 110 Å². The first-order valence-electron chi connectivity index (χ1n) is 6.00. The third kappa shape index (κ3) is 3.92. The van der Waals surface area contributed by atoms with Crippen LogP contribution >= 0.6 is 0 Å². The highest BCUT2D eigenvalue weighted by Crippen LogP contribution is 2.32. The number of nitrogens with one attached hydrogen (secondary N) is 1. The van der Waals surface area contributed by atoms with Crippen LogP contribution in [0.1, 0.15) is 24.5 Å². The molecule has 1 rings (SSSR count). The number of halogens is 3. The zero-order valence-electron chi connectivity index (χ0n) is 10.7. The van der Waals surface area contributed by atoms with Gasteiger partial charge in [0.15, 0.2) is 0 Å². The van der Waals surface area contributed by atoms with Gasteiger partial charge < -0.3 is 15.5 Å². The summed E-state index contributed by atoms with van der Waals surface area (Å²) in [6, 6.07) is 5.25. The molecule has 3 N–H and O–H groups in total. The highest BCUT2D eigenvalue weighted by atomic mass is 19.4. The molecule has 0 aliphatic carbocycles. The number of hydrogen-bond donors (Lipinski definition) is 3. The van der Waals surface area contributed by atoms with Crippen LogP contribution in [0.5, 0.6) is 0 Å². The van der Waals surface area contributed by atoms with Gasteiger partial charge in [0, 0.05) is 6.54 Å². The van der Waals surface area contributed by atoms with Gasteiger partial charge in [-0.15, -0.1) is 0 Å². The summed E-state index contributed by atoms with van der Waals surface area (Å²) in [5, 5.41) is 21.3. The van der Waals surface area contributed by atoms with Gasteiger partial charge in [0.25, 0.3) is 0 Å². The molecule has 0 saturated carbocycles. The van der Waals surface area contributed by atoms with Gasteiger partial charge >= 0.3 is 6.18 Å². The molecule has 0 bridgehead atoms. The molecule has 1 aromatic rings. The van der Waals surface area contributed by atoms with E-state index in [9.17, 15) is 23.4 Å². The molecule has 0 aliphatic rings. The van der Waals surface area contributed by atoms with Crippen molar-refractivity contribution in [1.29, 1.82) is 0 Å². The molecule has 0 aliphatic heterocycles. The van der Waals surface area contributed by atoms with Crippen LogP contribution in [0, 0.1) is 0 Å². The van der Waals surface area contributed by atoms with E-state index >= 15 is 0 Å². The Morgan fingerprint density at radius 2 is 1.68 bits per heavy atom. The summed E-state index contributed by atoms with van der Waals surface area (Å²) >= 11 is 0. The van der Waals surface area contributed by atoms with E-state index in [-0.39, 0.29) is 25.3 Å². The van der Waals surface area contributed by atoms with Gasteiger partial charge in [-0.25, -0.2) is 0 Å². The standard InChI is InChI=1S/C13H18F3NO2/c1-2-12(8-18,9-19)17-7-10-5-3-4-6-11(10)13(14,15)16/h3-6,17-19H,2,7-9H2,1H3. The largest absolute Gasteiger partial charge is 0.416 e. The van der Waals surface area contributed by atoms with Crippen molar-refractivity contribution in [2.75, 3.05) is 13.2 Å². The fourth-order valence-corrected chi connectivity index (χ4v) is 1.74. The number of hydrogen-bond acceptors (Lipinski definition) is 3. The normalized spacial score (nSPS) is 12.7. The Morgan fingerprint density at radius 1 is 1.11 bits per heavy atom. The number of benzene rings is 1. The first kappa shape index (κ1) is 15.9. The Balaban J connectivity index is 2.89. The van der Waals surface area contributed by atoms with E-state index in [1.54, 1.807) is 6.92 Å². The molecule has 0 saturated heterocycles. The maximum Gasteiger partial charge on any atom is 0.416 e. The highest BCUT2D eigenvalue weighted by molar-refractivity contribution is 5.29. The third-order valence-electron chi connectivity index (χ3n) is 3.26. The summed E-state index contributed by atoms with van der Waals surface area (Å²) < 4.78 is 38.4. The molecule has 0 unspecified atom stereocenters. The molecule has 0 heterocycles. The van der Waals surface area contributed by atoms with Gasteiger partial charge in [-0.3, -0.25) is 0 Å². The fraction of sp³-hybridized carbons (Fsp3) is 0.538. The van der Waals surface area contributed by atoms with Gasteiger partial charge in [0.1, 0.15) is 0 Å². The van der Waals surface area contributed by atoms with Crippen LogP contribution in [-0.2, 0) is 12.7 Å². The summed E-state index contributed by atoms with van der Waals surface area (Å²) in [6.45, 7) is 1.00. The lowest BCUT2D eigenvalue weighted by atomic mass is 9.97. The summed E-state index contributed by atoms with van der Waals surface area (Å²) in [7, 11) is 0. The molecule has 1 aromatic carbocycles. The SMILES string of the molecule is CCC(CO)(CO)NCc1ccccc1C(F)(F)F. The van der Waals surface area contributed by atoms with Crippen LogP contribution in [0.15, 0.2) is 24.3 Å². The van der Waals surface area contributed by atoms with Gasteiger partial charge in [0.2, 0.25) is 0 Å². The molecule has 0 spiro atoms. The monoisotopic (exact) mass is 277 g/mol. The number of rotatable bonds is 6. The molecular formula is C13H18F3NO2. The van der Waals surface area contributed by atoms with E-state index < -0.39 is 17.3 Å². The van der Waals surface area contributed by atoms with Crippen LogP contribution in [0.2, 0.25) is 0 Å². The zero-order chi connectivity index (χ0) is 14.5. The van der Waals surface area contributed by atoms with Crippen LogP contribution < -0.4 is 5.32 Å². The second kappa shape index (κ2) is 6.36. The summed E-state index contributed by atoms with van der Waals surface area (Å²) in [6.07, 6.45) is -4.00. The smallest absolute Gasteiger partial charge is 0.394 e. The summed E-state index contributed by atoms with van der Waals surface area (Å²) in [4.78, 5) is 0. The molecule has 0 atom stereocenters. The van der Waals surface area contributed by atoms with Crippen molar-refractivity contribution < 1.29 is 23.4 Å². The second-order valence-electron chi connectivity index (χ2n) is 4.46.